The molecule has 0 radical (unpaired) electrons. The Balaban J connectivity index is 1.53. The summed E-state index contributed by atoms with van der Waals surface area (Å²) in [4.78, 5) is 46.8. The average Bonchev–Trinajstić information content (AvgIpc) is 2.94. The maximum Gasteiger partial charge on any atom is 0.265 e. The predicted octanol–water partition coefficient (Wildman–Crippen LogP) is 2.54. The van der Waals surface area contributed by atoms with Gasteiger partial charge in [0.2, 0.25) is 11.8 Å². The van der Waals surface area contributed by atoms with E-state index in [0.29, 0.717) is 28.6 Å². The zero-order chi connectivity index (χ0) is 28.4. The molecule has 1 unspecified atom stereocenters. The van der Waals surface area contributed by atoms with E-state index in [1.165, 1.54) is 29.8 Å². The van der Waals surface area contributed by atoms with E-state index in [4.69, 9.17) is 4.74 Å². The first kappa shape index (κ1) is 26.3. The molecule has 40 heavy (non-hydrogen) atoms. The first-order valence-corrected chi connectivity index (χ1v) is 12.4. The van der Waals surface area contributed by atoms with Crippen LogP contribution in [0.1, 0.15) is 29.0 Å². The maximum absolute atomic E-state index is 13.5. The van der Waals surface area contributed by atoms with Crippen molar-refractivity contribution in [1.82, 2.24) is 19.7 Å². The highest BCUT2D eigenvalue weighted by Crippen LogP contribution is 2.31. The van der Waals surface area contributed by atoms with E-state index >= 15 is 0 Å². The van der Waals surface area contributed by atoms with Crippen LogP contribution < -0.4 is 21.2 Å². The number of nitrogens with zero attached hydrogens (tertiary/aromatic N) is 2. The number of hydrogen-bond acceptors (Lipinski definition) is 8. The standard InChI is InChI=1S/C29H26N4O7/c1-40-18-6-7-21-17(13-18)14-20(27(37)31-21)19(26-28(38)32-24-4-2-3-11-33(24)29(26)39)15-25(36)30-10-9-16-5-8-22(34)23(35)12-16/h2-8,11-14,19,34-35,38H,9-10,15H2,1H3,(H,30,36)(H,31,37). The van der Waals surface area contributed by atoms with Crippen molar-refractivity contribution in [2.24, 2.45) is 0 Å². The Bertz CT molecular complexity index is 1860. The highest BCUT2D eigenvalue weighted by Gasteiger charge is 2.29. The summed E-state index contributed by atoms with van der Waals surface area (Å²) in [7, 11) is 1.51. The van der Waals surface area contributed by atoms with Gasteiger partial charge in [-0.05, 0) is 60.5 Å². The largest absolute Gasteiger partial charge is 0.504 e. The van der Waals surface area contributed by atoms with Gasteiger partial charge < -0.3 is 30.4 Å². The number of rotatable bonds is 8. The molecule has 3 heterocycles. The van der Waals surface area contributed by atoms with E-state index in [1.807, 2.05) is 0 Å². The van der Waals surface area contributed by atoms with Gasteiger partial charge in [0.05, 0.1) is 12.7 Å². The van der Waals surface area contributed by atoms with Gasteiger partial charge in [-0.15, -0.1) is 0 Å². The minimum absolute atomic E-state index is 0.101. The molecule has 0 spiro atoms. The van der Waals surface area contributed by atoms with Crippen LogP contribution in [0.4, 0.5) is 0 Å². The Labute approximate surface area is 227 Å². The van der Waals surface area contributed by atoms with Crippen LogP contribution in [0.5, 0.6) is 23.1 Å². The van der Waals surface area contributed by atoms with E-state index in [2.05, 4.69) is 15.3 Å². The van der Waals surface area contributed by atoms with Gasteiger partial charge in [-0.25, -0.2) is 0 Å². The molecule has 0 fully saturated rings. The van der Waals surface area contributed by atoms with Crippen LogP contribution in [-0.2, 0) is 11.2 Å². The molecule has 0 aliphatic heterocycles. The number of ether oxygens (including phenoxy) is 1. The SMILES string of the molecule is COc1ccc2[nH]c(=O)c(C(CC(=O)NCCc3ccc(O)c(O)c3)c3c(O)nc4ccccn4c3=O)cc2c1. The number of aromatic amines is 1. The zero-order valence-corrected chi connectivity index (χ0v) is 21.4. The van der Waals surface area contributed by atoms with Crippen molar-refractivity contribution in [1.29, 1.82) is 0 Å². The quantitative estimate of drug-likeness (QED) is 0.187. The van der Waals surface area contributed by atoms with Crippen molar-refractivity contribution < 1.29 is 24.9 Å². The van der Waals surface area contributed by atoms with Crippen LogP contribution in [0, 0.1) is 0 Å². The lowest BCUT2D eigenvalue weighted by atomic mass is 9.89. The van der Waals surface area contributed by atoms with E-state index in [1.54, 1.807) is 48.5 Å². The summed E-state index contributed by atoms with van der Waals surface area (Å²) in [6.07, 6.45) is 1.52. The van der Waals surface area contributed by atoms with Gasteiger partial charge in [0.15, 0.2) is 11.5 Å². The van der Waals surface area contributed by atoms with Gasteiger partial charge in [-0.3, -0.25) is 18.8 Å². The lowest BCUT2D eigenvalue weighted by molar-refractivity contribution is -0.121. The number of pyridine rings is 2. The number of fused-ring (bicyclic) bond motifs is 2. The number of carbonyl (C=O) groups is 1. The molecule has 5 rings (SSSR count). The Kier molecular flexibility index (Phi) is 7.11. The van der Waals surface area contributed by atoms with Gasteiger partial charge in [0.1, 0.15) is 11.4 Å². The fourth-order valence-corrected chi connectivity index (χ4v) is 4.68. The van der Waals surface area contributed by atoms with E-state index in [-0.39, 0.29) is 41.2 Å². The molecule has 1 atom stereocenters. The minimum atomic E-state index is -1.13. The van der Waals surface area contributed by atoms with E-state index < -0.39 is 28.8 Å². The third-order valence-corrected chi connectivity index (χ3v) is 6.72. The molecule has 0 aliphatic carbocycles. The number of aromatic nitrogens is 3. The van der Waals surface area contributed by atoms with E-state index in [0.717, 1.165) is 0 Å². The number of H-pyrrole nitrogens is 1. The van der Waals surface area contributed by atoms with Crippen molar-refractivity contribution in [3.8, 4) is 23.1 Å². The molecule has 3 aromatic heterocycles. The Morgan fingerprint density at radius 3 is 2.65 bits per heavy atom. The summed E-state index contributed by atoms with van der Waals surface area (Å²) in [5.41, 5.74) is 0.220. The van der Waals surface area contributed by atoms with Gasteiger partial charge in [-0.1, -0.05) is 12.1 Å². The third kappa shape index (κ3) is 5.17. The number of carbonyl (C=O) groups excluding carboxylic acids is 1. The molecule has 0 saturated heterocycles. The van der Waals surface area contributed by atoms with Gasteiger partial charge in [-0.2, -0.15) is 4.98 Å². The lowest BCUT2D eigenvalue weighted by Gasteiger charge is -2.18. The number of nitrogens with one attached hydrogen (secondary N) is 2. The second-order valence-corrected chi connectivity index (χ2v) is 9.27. The second kappa shape index (κ2) is 10.8. The van der Waals surface area contributed by atoms with Crippen LogP contribution in [0.3, 0.4) is 0 Å². The van der Waals surface area contributed by atoms with Crippen LogP contribution in [0.2, 0.25) is 0 Å². The molecule has 11 nitrogen and oxygen atoms in total. The number of methoxy groups -OCH3 is 1. The molecule has 5 N–H and O–H groups in total. The van der Waals surface area contributed by atoms with Crippen LogP contribution in [-0.4, -0.2) is 49.2 Å². The molecule has 2 aromatic carbocycles. The van der Waals surface area contributed by atoms with Gasteiger partial charge >= 0.3 is 0 Å². The van der Waals surface area contributed by atoms with Crippen molar-refractivity contribution in [2.45, 2.75) is 18.8 Å². The second-order valence-electron chi connectivity index (χ2n) is 9.27. The lowest BCUT2D eigenvalue weighted by Crippen LogP contribution is -2.32. The molecule has 204 valence electrons. The predicted molar refractivity (Wildman–Crippen MR) is 147 cm³/mol. The summed E-state index contributed by atoms with van der Waals surface area (Å²) in [5.74, 6) is -2.14. The minimum Gasteiger partial charge on any atom is -0.504 e. The van der Waals surface area contributed by atoms with Crippen LogP contribution in [0.25, 0.3) is 16.6 Å². The fraction of sp³-hybridized carbons (Fsp3) is 0.172. The zero-order valence-electron chi connectivity index (χ0n) is 21.4. The summed E-state index contributed by atoms with van der Waals surface area (Å²) < 4.78 is 6.54. The van der Waals surface area contributed by atoms with Crippen molar-refractivity contribution >= 4 is 22.5 Å². The summed E-state index contributed by atoms with van der Waals surface area (Å²) >= 11 is 0. The molecule has 0 saturated carbocycles. The fourth-order valence-electron chi connectivity index (χ4n) is 4.68. The van der Waals surface area contributed by atoms with E-state index in [9.17, 15) is 29.7 Å². The molecular weight excluding hydrogens is 516 g/mol. The topological polar surface area (TPSA) is 166 Å². The normalized spacial score (nSPS) is 11.9. The van der Waals surface area contributed by atoms with Crippen molar-refractivity contribution in [3.63, 3.8) is 0 Å². The smallest absolute Gasteiger partial charge is 0.265 e. The maximum atomic E-state index is 13.5. The van der Waals surface area contributed by atoms with Crippen molar-refractivity contribution in [3.05, 3.63) is 104 Å². The summed E-state index contributed by atoms with van der Waals surface area (Å²) in [6.45, 7) is 0.183. The Morgan fingerprint density at radius 1 is 1.05 bits per heavy atom. The molecule has 5 aromatic rings. The summed E-state index contributed by atoms with van der Waals surface area (Å²) in [5, 5.41) is 33.4. The number of aromatic hydroxyl groups is 3. The van der Waals surface area contributed by atoms with Crippen LogP contribution >= 0.6 is 0 Å². The monoisotopic (exact) mass is 542 g/mol. The number of hydrogen-bond donors (Lipinski definition) is 5. The van der Waals surface area contributed by atoms with Crippen molar-refractivity contribution in [2.75, 3.05) is 13.7 Å². The highest BCUT2D eigenvalue weighted by atomic mass is 16.5. The number of phenols is 2. The van der Waals surface area contributed by atoms with Gasteiger partial charge in [0, 0.05) is 41.5 Å². The molecule has 0 bridgehead atoms. The average molecular weight is 543 g/mol. The first-order chi connectivity index (χ1) is 19.2. The first-order valence-electron chi connectivity index (χ1n) is 12.4. The molecule has 11 heteroatoms. The number of benzene rings is 2. The molecular formula is C29H26N4O7. The Morgan fingerprint density at radius 2 is 1.88 bits per heavy atom. The van der Waals surface area contributed by atoms with Crippen LogP contribution in [0.15, 0.2) is 76.4 Å². The molecule has 1 amide bonds. The third-order valence-electron chi connectivity index (χ3n) is 6.72. The summed E-state index contributed by atoms with van der Waals surface area (Å²) in [6, 6.07) is 15.9. The number of amides is 1. The number of phenolic OH excluding ortho intramolecular Hbond substituents is 2. The van der Waals surface area contributed by atoms with Gasteiger partial charge in [0.25, 0.3) is 11.1 Å². The Hall–Kier alpha value is -5.32. The molecule has 0 aliphatic rings. The highest BCUT2D eigenvalue weighted by molar-refractivity contribution is 5.82.